The third-order valence-corrected chi connectivity index (χ3v) is 4.84. The number of hydrogen-bond acceptors (Lipinski definition) is 5. The fourth-order valence-electron chi connectivity index (χ4n) is 2.21. The first kappa shape index (κ1) is 18.8. The molecule has 3 rings (SSSR count). The average Bonchev–Trinajstić information content (AvgIpc) is 3.09. The smallest absolute Gasteiger partial charge is 0.277 e. The van der Waals surface area contributed by atoms with Crippen molar-refractivity contribution in [2.75, 3.05) is 12.8 Å². The fraction of sp³-hybridized carbons (Fsp3) is 0.167. The Morgan fingerprint density at radius 3 is 2.62 bits per heavy atom. The van der Waals surface area contributed by atoms with Crippen molar-refractivity contribution in [2.45, 2.75) is 11.8 Å². The van der Waals surface area contributed by atoms with Crippen LogP contribution in [0.5, 0.6) is 0 Å². The van der Waals surface area contributed by atoms with E-state index in [1.54, 1.807) is 42.3 Å². The number of aromatic nitrogens is 2. The molecule has 2 aromatic carbocycles. The molecule has 8 heteroatoms. The van der Waals surface area contributed by atoms with Crippen molar-refractivity contribution in [1.82, 2.24) is 15.1 Å². The normalized spacial score (nSPS) is 10.7. The standard InChI is InChI=1S/C18H15Cl2N3O2S/c1-23(10-12-3-2-4-15(20)9-12)16(24)11-26-18-22-21-17(25-18)13-5-7-14(19)8-6-13/h2-9H,10-11H2,1H3. The zero-order valence-corrected chi connectivity index (χ0v) is 16.2. The van der Waals surface area contributed by atoms with Gasteiger partial charge in [0.05, 0.1) is 5.75 Å². The highest BCUT2D eigenvalue weighted by atomic mass is 35.5. The van der Waals surface area contributed by atoms with Crippen LogP contribution in [0.2, 0.25) is 10.0 Å². The van der Waals surface area contributed by atoms with Crippen LogP contribution in [0.4, 0.5) is 0 Å². The van der Waals surface area contributed by atoms with Gasteiger partial charge in [-0.25, -0.2) is 0 Å². The van der Waals surface area contributed by atoms with Crippen molar-refractivity contribution in [2.24, 2.45) is 0 Å². The van der Waals surface area contributed by atoms with Crippen LogP contribution in [-0.2, 0) is 11.3 Å². The van der Waals surface area contributed by atoms with Crippen molar-refractivity contribution in [3.63, 3.8) is 0 Å². The van der Waals surface area contributed by atoms with E-state index in [1.807, 2.05) is 18.2 Å². The topological polar surface area (TPSA) is 59.2 Å². The predicted molar refractivity (Wildman–Crippen MR) is 103 cm³/mol. The summed E-state index contributed by atoms with van der Waals surface area (Å²) < 4.78 is 5.58. The summed E-state index contributed by atoms with van der Waals surface area (Å²) in [7, 11) is 1.75. The van der Waals surface area contributed by atoms with Crippen LogP contribution in [-0.4, -0.2) is 33.8 Å². The van der Waals surface area contributed by atoms with Crippen LogP contribution in [0.1, 0.15) is 5.56 Å². The summed E-state index contributed by atoms with van der Waals surface area (Å²) in [4.78, 5) is 13.9. The molecule has 1 amide bonds. The van der Waals surface area contributed by atoms with Crippen molar-refractivity contribution >= 4 is 40.9 Å². The van der Waals surface area contributed by atoms with Crippen molar-refractivity contribution in [1.29, 1.82) is 0 Å². The third kappa shape index (κ3) is 5.00. The Morgan fingerprint density at radius 1 is 1.12 bits per heavy atom. The zero-order valence-electron chi connectivity index (χ0n) is 13.9. The summed E-state index contributed by atoms with van der Waals surface area (Å²) in [6.07, 6.45) is 0. The van der Waals surface area contributed by atoms with E-state index < -0.39 is 0 Å². The van der Waals surface area contributed by atoms with Crippen molar-refractivity contribution < 1.29 is 9.21 Å². The van der Waals surface area contributed by atoms with Gasteiger partial charge in [-0.15, -0.1) is 10.2 Å². The van der Waals surface area contributed by atoms with Crippen LogP contribution in [0.3, 0.4) is 0 Å². The summed E-state index contributed by atoms with van der Waals surface area (Å²) in [5.74, 6) is 0.560. The molecule has 3 aromatic rings. The number of rotatable bonds is 6. The maximum atomic E-state index is 12.3. The van der Waals surface area contributed by atoms with E-state index in [4.69, 9.17) is 27.6 Å². The third-order valence-electron chi connectivity index (χ3n) is 3.55. The first-order valence-corrected chi connectivity index (χ1v) is 9.46. The van der Waals surface area contributed by atoms with E-state index >= 15 is 0 Å². The van der Waals surface area contributed by atoms with Crippen LogP contribution in [0, 0.1) is 0 Å². The van der Waals surface area contributed by atoms with Crippen LogP contribution in [0.15, 0.2) is 58.2 Å². The largest absolute Gasteiger partial charge is 0.411 e. The summed E-state index contributed by atoms with van der Waals surface area (Å²) >= 11 is 13.0. The van der Waals surface area contributed by atoms with Crippen molar-refractivity contribution in [3.05, 3.63) is 64.1 Å². The lowest BCUT2D eigenvalue weighted by atomic mass is 10.2. The molecule has 0 aliphatic heterocycles. The highest BCUT2D eigenvalue weighted by Gasteiger charge is 2.14. The molecule has 0 bridgehead atoms. The molecule has 0 fully saturated rings. The Kier molecular flexibility index (Phi) is 6.19. The number of thioether (sulfide) groups is 1. The Bertz CT molecular complexity index is 899. The summed E-state index contributed by atoms with van der Waals surface area (Å²) in [6.45, 7) is 0.486. The van der Waals surface area contributed by atoms with Gasteiger partial charge in [-0.2, -0.15) is 0 Å². The highest BCUT2D eigenvalue weighted by molar-refractivity contribution is 7.99. The second-order valence-electron chi connectivity index (χ2n) is 5.55. The molecule has 0 aliphatic carbocycles. The maximum absolute atomic E-state index is 12.3. The summed E-state index contributed by atoms with van der Waals surface area (Å²) in [5, 5.41) is 9.60. The Balaban J connectivity index is 1.55. The first-order chi connectivity index (χ1) is 12.5. The lowest BCUT2D eigenvalue weighted by molar-refractivity contribution is -0.127. The van der Waals surface area contributed by atoms with Gasteiger partial charge in [0.25, 0.3) is 5.22 Å². The van der Waals surface area contributed by atoms with Gasteiger partial charge >= 0.3 is 0 Å². The van der Waals surface area contributed by atoms with Gasteiger partial charge in [-0.05, 0) is 42.0 Å². The van der Waals surface area contributed by atoms with Crippen LogP contribution >= 0.6 is 35.0 Å². The van der Waals surface area contributed by atoms with E-state index in [-0.39, 0.29) is 11.7 Å². The maximum Gasteiger partial charge on any atom is 0.277 e. The average molecular weight is 408 g/mol. The molecule has 0 N–H and O–H groups in total. The number of hydrogen-bond donors (Lipinski definition) is 0. The lowest BCUT2D eigenvalue weighted by Gasteiger charge is -2.16. The zero-order chi connectivity index (χ0) is 18.5. The van der Waals surface area contributed by atoms with Crippen LogP contribution < -0.4 is 0 Å². The second kappa shape index (κ2) is 8.58. The predicted octanol–water partition coefficient (Wildman–Crippen LogP) is 4.79. The first-order valence-electron chi connectivity index (χ1n) is 7.72. The Labute approximate surface area is 165 Å². The number of benzene rings is 2. The van der Waals surface area contributed by atoms with Gasteiger partial charge in [0.15, 0.2) is 0 Å². The van der Waals surface area contributed by atoms with Gasteiger partial charge in [0.2, 0.25) is 11.8 Å². The molecule has 0 atom stereocenters. The number of halogens is 2. The minimum Gasteiger partial charge on any atom is -0.411 e. The Morgan fingerprint density at radius 2 is 1.88 bits per heavy atom. The molecular weight excluding hydrogens is 393 g/mol. The molecule has 0 unspecified atom stereocenters. The molecule has 0 aliphatic rings. The summed E-state index contributed by atoms with van der Waals surface area (Å²) in [5.41, 5.74) is 1.75. The number of amides is 1. The molecule has 0 spiro atoms. The molecule has 1 heterocycles. The molecule has 134 valence electrons. The highest BCUT2D eigenvalue weighted by Crippen LogP contribution is 2.24. The van der Waals surface area contributed by atoms with E-state index in [2.05, 4.69) is 10.2 Å². The monoisotopic (exact) mass is 407 g/mol. The molecule has 5 nitrogen and oxygen atoms in total. The number of nitrogens with zero attached hydrogens (tertiary/aromatic N) is 3. The lowest BCUT2D eigenvalue weighted by Crippen LogP contribution is -2.27. The van der Waals surface area contributed by atoms with E-state index in [1.165, 1.54) is 11.8 Å². The molecule has 26 heavy (non-hydrogen) atoms. The minimum absolute atomic E-state index is 0.0405. The minimum atomic E-state index is -0.0405. The van der Waals surface area contributed by atoms with Crippen LogP contribution in [0.25, 0.3) is 11.5 Å². The molecule has 0 saturated carbocycles. The van der Waals surface area contributed by atoms with Gasteiger partial charge in [0, 0.05) is 29.2 Å². The van der Waals surface area contributed by atoms with Gasteiger partial charge < -0.3 is 9.32 Å². The molecule has 0 saturated heterocycles. The molecule has 1 aromatic heterocycles. The van der Waals surface area contributed by atoms with Crippen molar-refractivity contribution in [3.8, 4) is 11.5 Å². The number of carbonyl (C=O) groups excluding carboxylic acids is 1. The van der Waals surface area contributed by atoms with Gasteiger partial charge in [-0.3, -0.25) is 4.79 Å². The quantitative estimate of drug-likeness (QED) is 0.549. The van der Waals surface area contributed by atoms with Gasteiger partial charge in [-0.1, -0.05) is 47.1 Å². The van der Waals surface area contributed by atoms with E-state index in [9.17, 15) is 4.79 Å². The number of carbonyl (C=O) groups is 1. The Hall–Kier alpha value is -2.02. The van der Waals surface area contributed by atoms with E-state index in [0.29, 0.717) is 27.7 Å². The summed E-state index contributed by atoms with van der Waals surface area (Å²) in [6, 6.07) is 14.5. The van der Waals surface area contributed by atoms with Gasteiger partial charge in [0.1, 0.15) is 0 Å². The molecular formula is C18H15Cl2N3O2S. The SMILES string of the molecule is CN(Cc1cccc(Cl)c1)C(=O)CSc1nnc(-c2ccc(Cl)cc2)o1. The van der Waals surface area contributed by atoms with E-state index in [0.717, 1.165) is 11.1 Å². The molecule has 0 radical (unpaired) electrons. The fourth-order valence-corrected chi connectivity index (χ4v) is 3.25. The second-order valence-corrected chi connectivity index (χ2v) is 7.35.